The minimum absolute atomic E-state index is 0.000657. The molecule has 0 saturated heterocycles. The zero-order chi connectivity index (χ0) is 13.4. The van der Waals surface area contributed by atoms with Crippen LogP contribution in [0.15, 0.2) is 18.2 Å². The van der Waals surface area contributed by atoms with Crippen molar-refractivity contribution in [3.63, 3.8) is 0 Å². The van der Waals surface area contributed by atoms with E-state index in [1.54, 1.807) is 0 Å². The Balaban J connectivity index is 2.66. The van der Waals surface area contributed by atoms with Gasteiger partial charge < -0.3 is 15.4 Å². The van der Waals surface area contributed by atoms with Gasteiger partial charge in [0.05, 0.1) is 6.07 Å². The van der Waals surface area contributed by atoms with E-state index >= 15 is 0 Å². The highest BCUT2D eigenvalue weighted by atomic mass is 16.5. The molecule has 0 aliphatic rings. The lowest BCUT2D eigenvalue weighted by atomic mass is 10.1. The highest BCUT2D eigenvalue weighted by Gasteiger charge is 2.08. The molecule has 0 fully saturated rings. The topological polar surface area (TPSA) is 74.2 Å². The first-order chi connectivity index (χ1) is 8.69. The fraction of sp³-hybridized carbons (Fsp3) is 0.385. The van der Waals surface area contributed by atoms with Crippen LogP contribution in [0.4, 0.5) is 0 Å². The van der Waals surface area contributed by atoms with E-state index in [1.807, 2.05) is 38.2 Å². The van der Waals surface area contributed by atoms with Crippen LogP contribution >= 0.6 is 0 Å². The Kier molecular flexibility index (Phi) is 5.68. The number of ether oxygens (including phenoxy) is 1. The van der Waals surface area contributed by atoms with E-state index < -0.39 is 0 Å². The molecular weight excluding hydrogens is 230 g/mol. The van der Waals surface area contributed by atoms with Crippen LogP contribution in [0.2, 0.25) is 0 Å². The second-order valence-corrected chi connectivity index (χ2v) is 3.82. The molecule has 0 unspecified atom stereocenters. The lowest BCUT2D eigenvalue weighted by molar-refractivity contribution is -0.122. The Labute approximate surface area is 107 Å². The molecule has 1 amide bonds. The Bertz CT molecular complexity index is 452. The lowest BCUT2D eigenvalue weighted by Gasteiger charge is -2.13. The molecule has 0 aliphatic heterocycles. The number of carbonyl (C=O) groups excluding carboxylic acids is 1. The van der Waals surface area contributed by atoms with Crippen molar-refractivity contribution < 1.29 is 9.53 Å². The highest BCUT2D eigenvalue weighted by Crippen LogP contribution is 2.23. The molecule has 0 spiro atoms. The second-order valence-electron chi connectivity index (χ2n) is 3.82. The molecule has 0 aromatic heterocycles. The number of hydrogen-bond acceptors (Lipinski definition) is 4. The number of para-hydroxylation sites is 1. The van der Waals surface area contributed by atoms with Crippen LogP contribution < -0.4 is 15.4 Å². The molecule has 1 rings (SSSR count). The van der Waals surface area contributed by atoms with Crippen LogP contribution in [0.25, 0.3) is 0 Å². The van der Waals surface area contributed by atoms with Gasteiger partial charge in [-0.2, -0.15) is 5.26 Å². The van der Waals surface area contributed by atoms with E-state index in [0.717, 1.165) is 16.9 Å². The van der Waals surface area contributed by atoms with Crippen LogP contribution in [-0.4, -0.2) is 26.1 Å². The smallest absolute Gasteiger partial charge is 0.258 e. The van der Waals surface area contributed by atoms with Crippen molar-refractivity contribution >= 4 is 5.91 Å². The fourth-order valence-electron chi connectivity index (χ4n) is 1.58. The number of carbonyl (C=O) groups is 1. The second kappa shape index (κ2) is 7.30. The molecule has 5 nitrogen and oxygen atoms in total. The molecule has 18 heavy (non-hydrogen) atoms. The van der Waals surface area contributed by atoms with Gasteiger partial charge in [-0.25, -0.2) is 0 Å². The number of nitrogens with one attached hydrogen (secondary N) is 2. The van der Waals surface area contributed by atoms with Gasteiger partial charge in [-0.1, -0.05) is 18.2 Å². The molecule has 1 aromatic rings. The number of benzene rings is 1. The molecule has 0 heterocycles. The minimum atomic E-state index is -0.296. The predicted molar refractivity (Wildman–Crippen MR) is 68.1 cm³/mol. The van der Waals surface area contributed by atoms with Gasteiger partial charge in [0, 0.05) is 12.1 Å². The number of aryl methyl sites for hydroxylation is 1. The molecule has 0 aliphatic carbocycles. The van der Waals surface area contributed by atoms with Crippen molar-refractivity contribution in [2.75, 3.05) is 20.2 Å². The summed E-state index contributed by atoms with van der Waals surface area (Å²) in [5.74, 6) is 0.425. The van der Waals surface area contributed by atoms with Gasteiger partial charge in [0.15, 0.2) is 6.61 Å². The maximum Gasteiger partial charge on any atom is 0.258 e. The Hall–Kier alpha value is -2.06. The molecule has 5 heteroatoms. The van der Waals surface area contributed by atoms with E-state index in [2.05, 4.69) is 10.6 Å². The molecule has 1 aromatic carbocycles. The largest absolute Gasteiger partial charge is 0.483 e. The van der Waals surface area contributed by atoms with Gasteiger partial charge >= 0.3 is 0 Å². The van der Waals surface area contributed by atoms with Crippen molar-refractivity contribution in [1.82, 2.24) is 10.6 Å². The average molecular weight is 247 g/mol. The number of nitrogens with zero attached hydrogens (tertiary/aromatic N) is 1. The Morgan fingerprint density at radius 3 is 2.94 bits per heavy atom. The molecule has 0 bridgehead atoms. The van der Waals surface area contributed by atoms with E-state index in [4.69, 9.17) is 10.00 Å². The zero-order valence-electron chi connectivity index (χ0n) is 10.6. The number of rotatable bonds is 6. The summed E-state index contributed by atoms with van der Waals surface area (Å²) in [7, 11) is 1.85. The van der Waals surface area contributed by atoms with Crippen molar-refractivity contribution in [1.29, 1.82) is 5.26 Å². The molecular formula is C13H17N3O2. The lowest BCUT2D eigenvalue weighted by Crippen LogP contribution is -2.29. The Morgan fingerprint density at radius 2 is 2.28 bits per heavy atom. The summed E-state index contributed by atoms with van der Waals surface area (Å²) in [5.41, 5.74) is 1.99. The normalized spacial score (nSPS) is 9.61. The predicted octanol–water partition coefficient (Wildman–Crippen LogP) is 0.733. The first-order valence-electron chi connectivity index (χ1n) is 5.68. The number of nitriles is 1. The van der Waals surface area contributed by atoms with Crippen LogP contribution in [0.1, 0.15) is 11.1 Å². The molecule has 0 saturated carbocycles. The molecule has 2 N–H and O–H groups in total. The van der Waals surface area contributed by atoms with Crippen LogP contribution in [0.3, 0.4) is 0 Å². The summed E-state index contributed by atoms with van der Waals surface area (Å²) in [6, 6.07) is 7.67. The first kappa shape index (κ1) is 14.0. The molecule has 0 radical (unpaired) electrons. The van der Waals surface area contributed by atoms with E-state index in [9.17, 15) is 4.79 Å². The minimum Gasteiger partial charge on any atom is -0.483 e. The van der Waals surface area contributed by atoms with Gasteiger partial charge in [0.25, 0.3) is 5.91 Å². The zero-order valence-corrected chi connectivity index (χ0v) is 10.6. The third-order valence-corrected chi connectivity index (χ3v) is 2.37. The van der Waals surface area contributed by atoms with Gasteiger partial charge in [0.2, 0.25) is 0 Å². The molecule has 96 valence electrons. The quantitative estimate of drug-likeness (QED) is 0.727. The van der Waals surface area contributed by atoms with Gasteiger partial charge in [-0.05, 0) is 19.5 Å². The summed E-state index contributed by atoms with van der Waals surface area (Å²) in [4.78, 5) is 11.4. The summed E-state index contributed by atoms with van der Waals surface area (Å²) in [6.45, 7) is 2.53. The standard InChI is InChI=1S/C13H17N3O2/c1-10-4-3-5-11(8-15-2)13(10)18-9-12(17)16-7-6-14/h3-5,15H,7-9H2,1-2H3,(H,16,17). The monoisotopic (exact) mass is 247 g/mol. The Morgan fingerprint density at radius 1 is 1.50 bits per heavy atom. The van der Waals surface area contributed by atoms with Crippen LogP contribution in [0.5, 0.6) is 5.75 Å². The van der Waals surface area contributed by atoms with Gasteiger partial charge in [0.1, 0.15) is 12.3 Å². The molecule has 0 atom stereocenters. The van der Waals surface area contributed by atoms with Crippen molar-refractivity contribution in [2.24, 2.45) is 0 Å². The third-order valence-electron chi connectivity index (χ3n) is 2.37. The summed E-state index contributed by atoms with van der Waals surface area (Å²) in [5, 5.41) is 13.8. The number of hydrogen-bond donors (Lipinski definition) is 2. The summed E-state index contributed by atoms with van der Waals surface area (Å²) >= 11 is 0. The van der Waals surface area contributed by atoms with Crippen molar-refractivity contribution in [2.45, 2.75) is 13.5 Å². The summed E-state index contributed by atoms with van der Waals surface area (Å²) < 4.78 is 5.52. The number of amides is 1. The van der Waals surface area contributed by atoms with E-state index in [0.29, 0.717) is 6.54 Å². The fourth-order valence-corrected chi connectivity index (χ4v) is 1.58. The first-order valence-corrected chi connectivity index (χ1v) is 5.68. The highest BCUT2D eigenvalue weighted by molar-refractivity contribution is 5.77. The third kappa shape index (κ3) is 4.07. The van der Waals surface area contributed by atoms with E-state index in [-0.39, 0.29) is 19.1 Å². The van der Waals surface area contributed by atoms with Crippen LogP contribution in [0, 0.1) is 18.3 Å². The van der Waals surface area contributed by atoms with Gasteiger partial charge in [-0.3, -0.25) is 4.79 Å². The maximum atomic E-state index is 11.4. The SMILES string of the molecule is CNCc1cccc(C)c1OCC(=O)NCC#N. The van der Waals surface area contributed by atoms with Gasteiger partial charge in [-0.15, -0.1) is 0 Å². The van der Waals surface area contributed by atoms with Crippen LogP contribution in [-0.2, 0) is 11.3 Å². The average Bonchev–Trinajstić information content (AvgIpc) is 2.36. The van der Waals surface area contributed by atoms with Crippen molar-refractivity contribution in [3.8, 4) is 11.8 Å². The van der Waals surface area contributed by atoms with E-state index in [1.165, 1.54) is 0 Å². The van der Waals surface area contributed by atoms with Crippen molar-refractivity contribution in [3.05, 3.63) is 29.3 Å². The maximum absolute atomic E-state index is 11.4. The summed E-state index contributed by atoms with van der Waals surface area (Å²) in [6.07, 6.45) is 0.